The molecule has 1 unspecified atom stereocenters. The second-order valence-electron chi connectivity index (χ2n) is 5.26. The van der Waals surface area contributed by atoms with Crippen LogP contribution in [-0.2, 0) is 0 Å². The Morgan fingerprint density at radius 3 is 2.33 bits per heavy atom. The van der Waals surface area contributed by atoms with Gasteiger partial charge in [0, 0.05) is 26.2 Å². The molecular formula is C13H28N2. The number of rotatable bonds is 6. The first kappa shape index (κ1) is 13.0. The standard InChI is InChI=1S/C13H28N2/c1-4-6-13(3,5-2)7-10-15-11-8-14-9-12-15/h14H,4-12H2,1-3H3. The summed E-state index contributed by atoms with van der Waals surface area (Å²) in [6, 6.07) is 0. The van der Waals surface area contributed by atoms with Crippen molar-refractivity contribution in [3.05, 3.63) is 0 Å². The van der Waals surface area contributed by atoms with Gasteiger partial charge in [-0.1, -0.05) is 33.6 Å². The molecule has 1 heterocycles. The van der Waals surface area contributed by atoms with E-state index in [0.29, 0.717) is 5.41 Å². The molecule has 15 heavy (non-hydrogen) atoms. The van der Waals surface area contributed by atoms with Gasteiger partial charge in [0.2, 0.25) is 0 Å². The lowest BCUT2D eigenvalue weighted by atomic mass is 9.80. The van der Waals surface area contributed by atoms with Gasteiger partial charge in [-0.05, 0) is 24.8 Å². The van der Waals surface area contributed by atoms with E-state index in [0.717, 1.165) is 0 Å². The highest BCUT2D eigenvalue weighted by molar-refractivity contribution is 4.76. The second kappa shape index (κ2) is 6.49. The summed E-state index contributed by atoms with van der Waals surface area (Å²) in [5.74, 6) is 0. The maximum absolute atomic E-state index is 3.41. The molecule has 0 spiro atoms. The van der Waals surface area contributed by atoms with E-state index in [9.17, 15) is 0 Å². The van der Waals surface area contributed by atoms with Crippen molar-refractivity contribution in [2.45, 2.75) is 46.5 Å². The Morgan fingerprint density at radius 1 is 1.13 bits per heavy atom. The maximum atomic E-state index is 3.41. The Kier molecular flexibility index (Phi) is 5.62. The Morgan fingerprint density at radius 2 is 1.80 bits per heavy atom. The summed E-state index contributed by atoms with van der Waals surface area (Å²) >= 11 is 0. The topological polar surface area (TPSA) is 15.3 Å². The van der Waals surface area contributed by atoms with E-state index >= 15 is 0 Å². The van der Waals surface area contributed by atoms with E-state index in [1.165, 1.54) is 58.4 Å². The number of hydrogen-bond donors (Lipinski definition) is 1. The molecule has 1 atom stereocenters. The molecule has 0 aromatic heterocycles. The van der Waals surface area contributed by atoms with Crippen LogP contribution in [0.2, 0.25) is 0 Å². The van der Waals surface area contributed by atoms with Crippen LogP contribution in [0, 0.1) is 5.41 Å². The van der Waals surface area contributed by atoms with E-state index in [1.807, 2.05) is 0 Å². The molecule has 0 aromatic rings. The molecule has 0 aliphatic carbocycles. The summed E-state index contributed by atoms with van der Waals surface area (Å²) in [5, 5.41) is 3.41. The number of nitrogens with one attached hydrogen (secondary N) is 1. The normalized spacial score (nSPS) is 22.6. The molecule has 1 aliphatic rings. The van der Waals surface area contributed by atoms with E-state index in [-0.39, 0.29) is 0 Å². The number of piperazine rings is 1. The molecule has 0 radical (unpaired) electrons. The van der Waals surface area contributed by atoms with Crippen LogP contribution in [0.1, 0.15) is 46.5 Å². The second-order valence-corrected chi connectivity index (χ2v) is 5.26. The third-order valence-corrected chi connectivity index (χ3v) is 3.95. The molecule has 0 bridgehead atoms. The van der Waals surface area contributed by atoms with Crippen molar-refractivity contribution in [2.75, 3.05) is 32.7 Å². The van der Waals surface area contributed by atoms with Crippen LogP contribution in [-0.4, -0.2) is 37.6 Å². The van der Waals surface area contributed by atoms with Gasteiger partial charge >= 0.3 is 0 Å². The summed E-state index contributed by atoms with van der Waals surface area (Å²) in [4.78, 5) is 2.61. The Bertz CT molecular complexity index is 164. The average Bonchev–Trinajstić information content (AvgIpc) is 2.28. The monoisotopic (exact) mass is 212 g/mol. The summed E-state index contributed by atoms with van der Waals surface area (Å²) in [6.45, 7) is 13.2. The highest BCUT2D eigenvalue weighted by atomic mass is 15.2. The lowest BCUT2D eigenvalue weighted by Gasteiger charge is -2.33. The predicted molar refractivity (Wildman–Crippen MR) is 67.2 cm³/mol. The SMILES string of the molecule is CCCC(C)(CC)CCN1CCNCC1. The molecule has 1 N–H and O–H groups in total. The average molecular weight is 212 g/mol. The first-order valence-corrected chi connectivity index (χ1v) is 6.63. The fourth-order valence-corrected chi connectivity index (χ4v) is 2.44. The lowest BCUT2D eigenvalue weighted by molar-refractivity contribution is 0.175. The predicted octanol–water partition coefficient (Wildman–Crippen LogP) is 2.50. The smallest absolute Gasteiger partial charge is 0.0107 e. The third kappa shape index (κ3) is 4.52. The van der Waals surface area contributed by atoms with E-state index in [1.54, 1.807) is 0 Å². The Labute approximate surface area is 95.4 Å². The van der Waals surface area contributed by atoms with Crippen molar-refractivity contribution in [2.24, 2.45) is 5.41 Å². The molecule has 1 rings (SSSR count). The number of hydrogen-bond acceptors (Lipinski definition) is 2. The fraction of sp³-hybridized carbons (Fsp3) is 1.00. The first-order valence-electron chi connectivity index (χ1n) is 6.63. The van der Waals surface area contributed by atoms with Crippen LogP contribution < -0.4 is 5.32 Å². The van der Waals surface area contributed by atoms with Crippen molar-refractivity contribution in [1.29, 1.82) is 0 Å². The van der Waals surface area contributed by atoms with Crippen molar-refractivity contribution < 1.29 is 0 Å². The van der Waals surface area contributed by atoms with Crippen molar-refractivity contribution in [3.63, 3.8) is 0 Å². The summed E-state index contributed by atoms with van der Waals surface area (Å²) in [6.07, 6.45) is 5.41. The van der Waals surface area contributed by atoms with Crippen LogP contribution in [0.4, 0.5) is 0 Å². The summed E-state index contributed by atoms with van der Waals surface area (Å²) in [7, 11) is 0. The van der Waals surface area contributed by atoms with E-state index in [4.69, 9.17) is 0 Å². The largest absolute Gasteiger partial charge is 0.314 e. The van der Waals surface area contributed by atoms with Gasteiger partial charge in [-0.3, -0.25) is 0 Å². The van der Waals surface area contributed by atoms with Gasteiger partial charge in [0.1, 0.15) is 0 Å². The zero-order valence-corrected chi connectivity index (χ0v) is 10.8. The molecular weight excluding hydrogens is 184 g/mol. The molecule has 1 saturated heterocycles. The van der Waals surface area contributed by atoms with E-state index < -0.39 is 0 Å². The number of nitrogens with zero attached hydrogens (tertiary/aromatic N) is 1. The van der Waals surface area contributed by atoms with Gasteiger partial charge in [-0.25, -0.2) is 0 Å². The quantitative estimate of drug-likeness (QED) is 0.728. The van der Waals surface area contributed by atoms with Gasteiger partial charge in [0.25, 0.3) is 0 Å². The molecule has 0 amide bonds. The van der Waals surface area contributed by atoms with E-state index in [2.05, 4.69) is 31.0 Å². The minimum atomic E-state index is 0.583. The van der Waals surface area contributed by atoms with Gasteiger partial charge < -0.3 is 10.2 Å². The van der Waals surface area contributed by atoms with Gasteiger partial charge in [-0.2, -0.15) is 0 Å². The fourth-order valence-electron chi connectivity index (χ4n) is 2.44. The minimum Gasteiger partial charge on any atom is -0.314 e. The van der Waals surface area contributed by atoms with Gasteiger partial charge in [-0.15, -0.1) is 0 Å². The summed E-state index contributed by atoms with van der Waals surface area (Å²) < 4.78 is 0. The Balaban J connectivity index is 2.25. The highest BCUT2D eigenvalue weighted by Crippen LogP contribution is 2.31. The third-order valence-electron chi connectivity index (χ3n) is 3.95. The molecule has 2 nitrogen and oxygen atoms in total. The zero-order valence-electron chi connectivity index (χ0n) is 10.8. The van der Waals surface area contributed by atoms with Crippen LogP contribution >= 0.6 is 0 Å². The zero-order chi connectivity index (χ0) is 11.1. The van der Waals surface area contributed by atoms with Crippen molar-refractivity contribution >= 4 is 0 Å². The van der Waals surface area contributed by atoms with Crippen molar-refractivity contribution in [1.82, 2.24) is 10.2 Å². The first-order chi connectivity index (χ1) is 7.20. The highest BCUT2D eigenvalue weighted by Gasteiger charge is 2.22. The van der Waals surface area contributed by atoms with Crippen LogP contribution in [0.5, 0.6) is 0 Å². The maximum Gasteiger partial charge on any atom is 0.0107 e. The summed E-state index contributed by atoms with van der Waals surface area (Å²) in [5.41, 5.74) is 0.583. The molecule has 0 aromatic carbocycles. The molecule has 90 valence electrons. The van der Waals surface area contributed by atoms with Crippen LogP contribution in [0.15, 0.2) is 0 Å². The molecule has 1 fully saturated rings. The van der Waals surface area contributed by atoms with Gasteiger partial charge in [0.05, 0.1) is 0 Å². The van der Waals surface area contributed by atoms with Crippen molar-refractivity contribution in [3.8, 4) is 0 Å². The minimum absolute atomic E-state index is 0.583. The molecule has 0 saturated carbocycles. The molecule has 1 aliphatic heterocycles. The molecule has 2 heteroatoms. The lowest BCUT2D eigenvalue weighted by Crippen LogP contribution is -2.44. The Hall–Kier alpha value is -0.0800. The van der Waals surface area contributed by atoms with Crippen LogP contribution in [0.25, 0.3) is 0 Å². The van der Waals surface area contributed by atoms with Gasteiger partial charge in [0.15, 0.2) is 0 Å². The van der Waals surface area contributed by atoms with Crippen LogP contribution in [0.3, 0.4) is 0 Å².